The lowest BCUT2D eigenvalue weighted by Crippen LogP contribution is -2.14. The number of hydrogen-bond acceptors (Lipinski definition) is 3. The first kappa shape index (κ1) is 10.7. The Bertz CT molecular complexity index is 296. The average molecular weight is 199 g/mol. The van der Waals surface area contributed by atoms with E-state index in [9.17, 15) is 5.11 Å². The molecule has 0 atom stereocenters. The summed E-state index contributed by atoms with van der Waals surface area (Å²) < 4.78 is 0. The molecule has 0 fully saturated rings. The first-order chi connectivity index (χ1) is 5.82. The number of aryl methyl sites for hydroxylation is 1. The highest BCUT2D eigenvalue weighted by atomic mass is 32.1. The Labute approximate surface area is 83.6 Å². The molecule has 2 nitrogen and oxygen atoms in total. The molecule has 0 aromatic carbocycles. The number of rotatable bonds is 2. The molecule has 0 unspecified atom stereocenters. The fraction of sp³-hybridized carbons (Fsp3) is 0.700. The van der Waals surface area contributed by atoms with Crippen molar-refractivity contribution in [2.45, 2.75) is 46.1 Å². The normalized spacial score (nSPS) is 12.5. The summed E-state index contributed by atoms with van der Waals surface area (Å²) in [6.07, 6.45) is 0. The van der Waals surface area contributed by atoms with E-state index in [1.807, 2.05) is 6.92 Å². The third-order valence-electron chi connectivity index (χ3n) is 1.86. The van der Waals surface area contributed by atoms with Crippen LogP contribution in [0.5, 0.6) is 0 Å². The van der Waals surface area contributed by atoms with Crippen molar-refractivity contribution in [2.75, 3.05) is 0 Å². The number of thiazole rings is 1. The maximum atomic E-state index is 9.84. The van der Waals surface area contributed by atoms with Crippen LogP contribution in [0.4, 0.5) is 0 Å². The van der Waals surface area contributed by atoms with Crippen molar-refractivity contribution >= 4 is 11.3 Å². The maximum absolute atomic E-state index is 9.84. The van der Waals surface area contributed by atoms with E-state index in [1.54, 1.807) is 25.2 Å². The zero-order chi connectivity index (χ0) is 10.2. The Kier molecular flexibility index (Phi) is 2.78. The molecule has 0 aliphatic carbocycles. The summed E-state index contributed by atoms with van der Waals surface area (Å²) in [5.41, 5.74) is 0.204. The molecule has 0 bridgehead atoms. The molecule has 1 aromatic heterocycles. The zero-order valence-corrected chi connectivity index (χ0v) is 9.70. The van der Waals surface area contributed by atoms with Gasteiger partial charge in [-0.25, -0.2) is 4.98 Å². The third kappa shape index (κ3) is 2.29. The number of aliphatic hydroxyl groups is 1. The zero-order valence-electron chi connectivity index (χ0n) is 8.88. The maximum Gasteiger partial charge on any atom is 0.0957 e. The fourth-order valence-corrected chi connectivity index (χ4v) is 2.30. The summed E-state index contributed by atoms with van der Waals surface area (Å²) in [5.74, 6) is 0.444. The van der Waals surface area contributed by atoms with Crippen LogP contribution >= 0.6 is 11.3 Å². The summed E-state index contributed by atoms with van der Waals surface area (Å²) >= 11 is 1.61. The van der Waals surface area contributed by atoms with E-state index in [2.05, 4.69) is 18.8 Å². The minimum atomic E-state index is -0.755. The Morgan fingerprint density at radius 2 is 1.92 bits per heavy atom. The first-order valence-electron chi connectivity index (χ1n) is 4.52. The van der Waals surface area contributed by atoms with Gasteiger partial charge < -0.3 is 5.11 Å². The van der Waals surface area contributed by atoms with Crippen LogP contribution < -0.4 is 0 Å². The lowest BCUT2D eigenvalue weighted by Gasteiger charge is -2.15. The quantitative estimate of drug-likeness (QED) is 0.794. The highest BCUT2D eigenvalue weighted by molar-refractivity contribution is 7.12. The predicted molar refractivity (Wildman–Crippen MR) is 56.2 cm³/mol. The molecule has 1 N–H and O–H groups in total. The Hall–Kier alpha value is -0.410. The van der Waals surface area contributed by atoms with Gasteiger partial charge in [0, 0.05) is 5.92 Å². The molecule has 0 amide bonds. The smallest absolute Gasteiger partial charge is 0.0957 e. The standard InChI is InChI=1S/C10H17NOS/c1-6(2)9-11-7(3)8(13-9)10(4,5)12/h6,12H,1-5H3. The Morgan fingerprint density at radius 3 is 2.15 bits per heavy atom. The van der Waals surface area contributed by atoms with E-state index < -0.39 is 5.60 Å². The number of aromatic nitrogens is 1. The third-order valence-corrected chi connectivity index (χ3v) is 3.63. The summed E-state index contributed by atoms with van der Waals surface area (Å²) in [6, 6.07) is 0. The van der Waals surface area contributed by atoms with E-state index in [-0.39, 0.29) is 0 Å². The van der Waals surface area contributed by atoms with E-state index in [0.717, 1.165) is 15.6 Å². The molecule has 0 radical (unpaired) electrons. The lowest BCUT2D eigenvalue weighted by atomic mass is 10.1. The van der Waals surface area contributed by atoms with Crippen LogP contribution in [0.15, 0.2) is 0 Å². The molecule has 3 heteroatoms. The van der Waals surface area contributed by atoms with Gasteiger partial charge in [0.1, 0.15) is 0 Å². The Balaban J connectivity index is 3.11. The molecule has 0 saturated carbocycles. The molecule has 0 spiro atoms. The van der Waals surface area contributed by atoms with Crippen molar-refractivity contribution in [3.63, 3.8) is 0 Å². The van der Waals surface area contributed by atoms with Crippen LogP contribution in [0, 0.1) is 6.92 Å². The van der Waals surface area contributed by atoms with Gasteiger partial charge in [0.15, 0.2) is 0 Å². The summed E-state index contributed by atoms with van der Waals surface area (Å²) in [5, 5.41) is 10.9. The van der Waals surface area contributed by atoms with Gasteiger partial charge in [0.2, 0.25) is 0 Å². The predicted octanol–water partition coefficient (Wildman–Crippen LogP) is 2.80. The van der Waals surface area contributed by atoms with Crippen molar-refractivity contribution in [1.82, 2.24) is 4.98 Å². The van der Waals surface area contributed by atoms with Crippen molar-refractivity contribution in [2.24, 2.45) is 0 Å². The molecule has 13 heavy (non-hydrogen) atoms. The molecule has 0 aliphatic rings. The van der Waals surface area contributed by atoms with E-state index >= 15 is 0 Å². The van der Waals surface area contributed by atoms with Gasteiger partial charge >= 0.3 is 0 Å². The van der Waals surface area contributed by atoms with E-state index in [1.165, 1.54) is 0 Å². The Morgan fingerprint density at radius 1 is 1.38 bits per heavy atom. The molecule has 74 valence electrons. The monoisotopic (exact) mass is 199 g/mol. The van der Waals surface area contributed by atoms with Crippen molar-refractivity contribution in [1.29, 1.82) is 0 Å². The van der Waals surface area contributed by atoms with Crippen molar-refractivity contribution in [3.05, 3.63) is 15.6 Å². The van der Waals surface area contributed by atoms with Gasteiger partial charge in [0.05, 0.1) is 21.2 Å². The van der Waals surface area contributed by atoms with Gasteiger partial charge in [-0.1, -0.05) is 13.8 Å². The van der Waals surface area contributed by atoms with E-state index in [0.29, 0.717) is 5.92 Å². The summed E-state index contributed by atoms with van der Waals surface area (Å²) in [6.45, 7) is 9.80. The van der Waals surface area contributed by atoms with Crippen LogP contribution in [0.25, 0.3) is 0 Å². The van der Waals surface area contributed by atoms with Crippen molar-refractivity contribution in [3.8, 4) is 0 Å². The van der Waals surface area contributed by atoms with Gasteiger partial charge in [0.25, 0.3) is 0 Å². The molecular formula is C10H17NOS. The minimum absolute atomic E-state index is 0.444. The molecule has 0 aliphatic heterocycles. The fourth-order valence-electron chi connectivity index (χ4n) is 1.23. The first-order valence-corrected chi connectivity index (χ1v) is 5.34. The van der Waals surface area contributed by atoms with E-state index in [4.69, 9.17) is 0 Å². The average Bonchev–Trinajstić information content (AvgIpc) is 2.29. The second kappa shape index (κ2) is 3.39. The van der Waals surface area contributed by atoms with Crippen LogP contribution in [0.3, 0.4) is 0 Å². The largest absolute Gasteiger partial charge is 0.385 e. The summed E-state index contributed by atoms with van der Waals surface area (Å²) in [4.78, 5) is 5.42. The number of hydrogen-bond donors (Lipinski definition) is 1. The second-order valence-corrected chi connectivity index (χ2v) is 5.21. The van der Waals surface area contributed by atoms with Gasteiger partial charge in [-0.15, -0.1) is 11.3 Å². The van der Waals surface area contributed by atoms with Crippen LogP contribution in [-0.4, -0.2) is 10.1 Å². The minimum Gasteiger partial charge on any atom is -0.385 e. The van der Waals surface area contributed by atoms with Crippen LogP contribution in [0.1, 0.15) is 49.2 Å². The highest BCUT2D eigenvalue weighted by Gasteiger charge is 2.23. The lowest BCUT2D eigenvalue weighted by molar-refractivity contribution is 0.0817. The SMILES string of the molecule is Cc1nc(C(C)C)sc1C(C)(C)O. The highest BCUT2D eigenvalue weighted by Crippen LogP contribution is 2.32. The van der Waals surface area contributed by atoms with Gasteiger partial charge in [-0.3, -0.25) is 0 Å². The molecule has 1 rings (SSSR count). The number of nitrogens with zero attached hydrogens (tertiary/aromatic N) is 1. The molecular weight excluding hydrogens is 182 g/mol. The molecule has 1 aromatic rings. The molecule has 1 heterocycles. The topological polar surface area (TPSA) is 33.1 Å². The van der Waals surface area contributed by atoms with Gasteiger partial charge in [-0.2, -0.15) is 0 Å². The van der Waals surface area contributed by atoms with Crippen LogP contribution in [-0.2, 0) is 5.60 Å². The molecule has 0 saturated heterocycles. The van der Waals surface area contributed by atoms with Crippen molar-refractivity contribution < 1.29 is 5.11 Å². The van der Waals surface area contributed by atoms with Gasteiger partial charge in [-0.05, 0) is 20.8 Å². The second-order valence-electron chi connectivity index (χ2n) is 4.18. The van der Waals surface area contributed by atoms with Crippen LogP contribution in [0.2, 0.25) is 0 Å². The summed E-state index contributed by atoms with van der Waals surface area (Å²) in [7, 11) is 0.